The smallest absolute Gasteiger partial charge is 0.247 e. The van der Waals surface area contributed by atoms with Crippen molar-refractivity contribution in [2.45, 2.75) is 29.5 Å². The summed E-state index contributed by atoms with van der Waals surface area (Å²) in [7, 11) is 1.60. The zero-order valence-electron chi connectivity index (χ0n) is 17.3. The van der Waals surface area contributed by atoms with Gasteiger partial charge in [0.05, 0.1) is 18.7 Å². The highest BCUT2D eigenvalue weighted by molar-refractivity contribution is 8.01. The number of fused-ring (bicyclic) bond motifs is 1. The maximum atomic E-state index is 13.1. The van der Waals surface area contributed by atoms with Gasteiger partial charge in [0.1, 0.15) is 5.75 Å². The van der Waals surface area contributed by atoms with Gasteiger partial charge in [0, 0.05) is 30.1 Å². The van der Waals surface area contributed by atoms with Gasteiger partial charge in [0.15, 0.2) is 5.25 Å². The predicted molar refractivity (Wildman–Crippen MR) is 119 cm³/mol. The molecule has 2 N–H and O–H groups in total. The lowest BCUT2D eigenvalue weighted by Crippen LogP contribution is -2.50. The van der Waals surface area contributed by atoms with E-state index < -0.39 is 5.25 Å². The quantitative estimate of drug-likeness (QED) is 0.700. The molecule has 4 rings (SSSR count). The van der Waals surface area contributed by atoms with Crippen molar-refractivity contribution >= 4 is 35.2 Å². The lowest BCUT2D eigenvalue weighted by molar-refractivity contribution is -0.137. The number of nitrogens with zero attached hydrogens (tertiary/aromatic N) is 1. The Hall–Kier alpha value is -3.00. The zero-order chi connectivity index (χ0) is 21.8. The molecule has 0 aromatic heterocycles. The third-order valence-electron chi connectivity index (χ3n) is 5.60. The summed E-state index contributed by atoms with van der Waals surface area (Å²) >= 11 is 1.27. The lowest BCUT2D eigenvalue weighted by atomic mass is 9.96. The standard InChI is InChI=1S/C23H25N3O4S/c1-30-18-10-4-2-7-15(18)13-24-21(27)16-8-6-12-26(14-16)23(29)20-22(28)25-17-9-3-5-11-19(17)31-20/h2-5,7,9-11,16,20H,6,8,12-14H2,1H3,(H,24,27)(H,25,28)/t16-,20+/m1/s1. The van der Waals surface area contributed by atoms with Crippen LogP contribution in [0, 0.1) is 5.92 Å². The van der Waals surface area contributed by atoms with Gasteiger partial charge in [-0.3, -0.25) is 14.4 Å². The number of nitrogens with one attached hydrogen (secondary N) is 2. The van der Waals surface area contributed by atoms with Crippen molar-refractivity contribution in [2.24, 2.45) is 5.92 Å². The van der Waals surface area contributed by atoms with E-state index >= 15 is 0 Å². The number of benzene rings is 2. The van der Waals surface area contributed by atoms with Crippen molar-refractivity contribution in [3.8, 4) is 5.75 Å². The van der Waals surface area contributed by atoms with E-state index in [0.29, 0.717) is 26.1 Å². The summed E-state index contributed by atoms with van der Waals surface area (Å²) in [5.41, 5.74) is 1.63. The van der Waals surface area contributed by atoms with Gasteiger partial charge in [-0.2, -0.15) is 0 Å². The van der Waals surface area contributed by atoms with Crippen LogP contribution in [0.25, 0.3) is 0 Å². The summed E-state index contributed by atoms with van der Waals surface area (Å²) in [6.45, 7) is 1.24. The Bertz CT molecular complexity index is 996. The van der Waals surface area contributed by atoms with Crippen LogP contribution in [0.1, 0.15) is 18.4 Å². The second-order valence-corrected chi connectivity index (χ2v) is 8.78. The average molecular weight is 440 g/mol. The summed E-state index contributed by atoms with van der Waals surface area (Å²) in [5, 5.41) is 4.95. The molecule has 2 aliphatic rings. The van der Waals surface area contributed by atoms with Gasteiger partial charge >= 0.3 is 0 Å². The summed E-state index contributed by atoms with van der Waals surface area (Å²) in [6, 6.07) is 15.0. The summed E-state index contributed by atoms with van der Waals surface area (Å²) < 4.78 is 5.33. The molecule has 8 heteroatoms. The number of carbonyl (C=O) groups is 3. The number of para-hydroxylation sites is 2. The van der Waals surface area contributed by atoms with E-state index in [1.807, 2.05) is 48.5 Å². The Kier molecular flexibility index (Phi) is 6.46. The van der Waals surface area contributed by atoms with E-state index in [4.69, 9.17) is 4.74 Å². The second kappa shape index (κ2) is 9.43. The number of thioether (sulfide) groups is 1. The van der Waals surface area contributed by atoms with Crippen molar-refractivity contribution in [3.05, 3.63) is 54.1 Å². The molecule has 0 unspecified atom stereocenters. The Morgan fingerprint density at radius 3 is 2.81 bits per heavy atom. The number of carbonyl (C=O) groups excluding carboxylic acids is 3. The summed E-state index contributed by atoms with van der Waals surface area (Å²) in [4.78, 5) is 40.9. The van der Waals surface area contributed by atoms with Crippen molar-refractivity contribution in [2.75, 3.05) is 25.5 Å². The Morgan fingerprint density at radius 1 is 1.19 bits per heavy atom. The number of methoxy groups -OCH3 is 1. The van der Waals surface area contributed by atoms with Crippen molar-refractivity contribution in [1.29, 1.82) is 0 Å². The van der Waals surface area contributed by atoms with Crippen molar-refractivity contribution in [1.82, 2.24) is 10.2 Å². The molecule has 2 atom stereocenters. The maximum Gasteiger partial charge on any atom is 0.247 e. The molecule has 162 valence electrons. The number of anilines is 1. The molecule has 0 radical (unpaired) electrons. The van der Waals surface area contributed by atoms with E-state index in [2.05, 4.69) is 10.6 Å². The number of likely N-dealkylation sites (tertiary alicyclic amines) is 1. The minimum absolute atomic E-state index is 0.0884. The first-order chi connectivity index (χ1) is 15.1. The monoisotopic (exact) mass is 439 g/mol. The second-order valence-electron chi connectivity index (χ2n) is 7.64. The van der Waals surface area contributed by atoms with Crippen molar-refractivity contribution in [3.63, 3.8) is 0 Å². The number of amides is 3. The molecule has 0 saturated carbocycles. The van der Waals surface area contributed by atoms with Crippen LogP contribution in [0.4, 0.5) is 5.69 Å². The van der Waals surface area contributed by atoms with Gasteiger partial charge < -0.3 is 20.3 Å². The normalized spacial score (nSPS) is 20.4. The molecule has 0 spiro atoms. The Labute approximate surface area is 185 Å². The third kappa shape index (κ3) is 4.69. The number of ether oxygens (including phenoxy) is 1. The highest BCUT2D eigenvalue weighted by Crippen LogP contribution is 2.36. The molecule has 3 amide bonds. The van der Waals surface area contributed by atoms with Crippen LogP contribution < -0.4 is 15.4 Å². The van der Waals surface area contributed by atoms with Crippen LogP contribution in [0.15, 0.2) is 53.4 Å². The van der Waals surface area contributed by atoms with Crippen LogP contribution in [-0.2, 0) is 20.9 Å². The molecule has 31 heavy (non-hydrogen) atoms. The first-order valence-corrected chi connectivity index (χ1v) is 11.2. The van der Waals surface area contributed by atoms with Crippen LogP contribution in [0.2, 0.25) is 0 Å². The molecule has 0 aliphatic carbocycles. The minimum atomic E-state index is -0.828. The number of hydrogen-bond acceptors (Lipinski definition) is 5. The average Bonchev–Trinajstić information content (AvgIpc) is 2.81. The molecule has 1 saturated heterocycles. The molecule has 0 bridgehead atoms. The third-order valence-corrected chi connectivity index (χ3v) is 6.86. The van der Waals surface area contributed by atoms with E-state index in [-0.39, 0.29) is 23.6 Å². The van der Waals surface area contributed by atoms with E-state index in [0.717, 1.165) is 28.3 Å². The van der Waals surface area contributed by atoms with Gasteiger partial charge in [-0.05, 0) is 31.0 Å². The largest absolute Gasteiger partial charge is 0.496 e. The van der Waals surface area contributed by atoms with Crippen LogP contribution in [-0.4, -0.2) is 48.1 Å². The molecular formula is C23H25N3O4S. The first-order valence-electron chi connectivity index (χ1n) is 10.3. The lowest BCUT2D eigenvalue weighted by Gasteiger charge is -2.35. The molecule has 7 nitrogen and oxygen atoms in total. The zero-order valence-corrected chi connectivity index (χ0v) is 18.1. The maximum absolute atomic E-state index is 13.1. The molecule has 2 aliphatic heterocycles. The van der Waals surface area contributed by atoms with Gasteiger partial charge in [0.2, 0.25) is 17.7 Å². The van der Waals surface area contributed by atoms with Crippen LogP contribution >= 0.6 is 11.8 Å². The molecule has 2 aromatic rings. The molecule has 2 aromatic carbocycles. The number of piperidine rings is 1. The molecule has 2 heterocycles. The van der Waals surface area contributed by atoms with Crippen molar-refractivity contribution < 1.29 is 19.1 Å². The van der Waals surface area contributed by atoms with Gasteiger partial charge in [-0.25, -0.2) is 0 Å². The predicted octanol–water partition coefficient (Wildman–Crippen LogP) is 2.66. The highest BCUT2D eigenvalue weighted by Gasteiger charge is 2.38. The minimum Gasteiger partial charge on any atom is -0.496 e. The van der Waals surface area contributed by atoms with Gasteiger partial charge in [-0.15, -0.1) is 11.8 Å². The van der Waals surface area contributed by atoms with Crippen LogP contribution in [0.5, 0.6) is 5.75 Å². The van der Waals surface area contributed by atoms with Crippen LogP contribution in [0.3, 0.4) is 0 Å². The number of hydrogen-bond donors (Lipinski definition) is 2. The topological polar surface area (TPSA) is 87.7 Å². The fourth-order valence-electron chi connectivity index (χ4n) is 3.95. The van der Waals surface area contributed by atoms with E-state index in [1.54, 1.807) is 12.0 Å². The van der Waals surface area contributed by atoms with E-state index in [9.17, 15) is 14.4 Å². The number of rotatable bonds is 5. The van der Waals surface area contributed by atoms with Gasteiger partial charge in [0.25, 0.3) is 0 Å². The summed E-state index contributed by atoms with van der Waals surface area (Å²) in [6.07, 6.45) is 1.45. The fourth-order valence-corrected chi connectivity index (χ4v) is 5.02. The fraction of sp³-hybridized carbons (Fsp3) is 0.348. The SMILES string of the molecule is COc1ccccc1CNC(=O)[C@@H]1CCCN(C(=O)[C@H]2Sc3ccccc3NC2=O)C1. The molecule has 1 fully saturated rings. The Morgan fingerprint density at radius 2 is 1.97 bits per heavy atom. The Balaban J connectivity index is 1.37. The molecular weight excluding hydrogens is 414 g/mol. The summed E-state index contributed by atoms with van der Waals surface area (Å²) in [5.74, 6) is -0.203. The first kappa shape index (κ1) is 21.2. The van der Waals surface area contributed by atoms with E-state index in [1.165, 1.54) is 11.8 Å². The van der Waals surface area contributed by atoms with Gasteiger partial charge in [-0.1, -0.05) is 30.3 Å². The highest BCUT2D eigenvalue weighted by atomic mass is 32.2.